The van der Waals surface area contributed by atoms with E-state index in [1.54, 1.807) is 17.0 Å². The Morgan fingerprint density at radius 2 is 1.90 bits per heavy atom. The minimum Gasteiger partial charge on any atom is -0.444 e. The summed E-state index contributed by atoms with van der Waals surface area (Å²) in [6.45, 7) is 2.99. The third kappa shape index (κ3) is 2.89. The van der Waals surface area contributed by atoms with Crippen LogP contribution in [0.4, 0.5) is 9.18 Å². The van der Waals surface area contributed by atoms with Crippen molar-refractivity contribution in [2.24, 2.45) is 0 Å². The van der Waals surface area contributed by atoms with Gasteiger partial charge in [-0.05, 0) is 24.1 Å². The van der Waals surface area contributed by atoms with Crippen LogP contribution >= 0.6 is 0 Å². The van der Waals surface area contributed by atoms with Gasteiger partial charge in [0.05, 0.1) is 6.54 Å². The average molecular weight is 285 g/mol. The first-order chi connectivity index (χ1) is 10.1. The number of hydrogen-bond donors (Lipinski definition) is 0. The van der Waals surface area contributed by atoms with Crippen LogP contribution in [0.1, 0.15) is 12.5 Å². The number of halogens is 1. The van der Waals surface area contributed by atoms with Gasteiger partial charge in [0.2, 0.25) is 0 Å². The van der Waals surface area contributed by atoms with E-state index in [0.717, 1.165) is 11.1 Å². The van der Waals surface area contributed by atoms with Crippen LogP contribution in [0.15, 0.2) is 48.5 Å². The number of rotatable bonds is 3. The molecule has 21 heavy (non-hydrogen) atoms. The van der Waals surface area contributed by atoms with Gasteiger partial charge in [0.15, 0.2) is 0 Å². The zero-order chi connectivity index (χ0) is 14.8. The first-order valence-electron chi connectivity index (χ1n) is 6.93. The van der Waals surface area contributed by atoms with Crippen molar-refractivity contribution in [3.05, 3.63) is 59.9 Å². The molecule has 0 N–H and O–H groups in total. The molecule has 1 atom stereocenters. The van der Waals surface area contributed by atoms with Crippen LogP contribution in [-0.4, -0.2) is 23.6 Å². The molecule has 0 radical (unpaired) electrons. The van der Waals surface area contributed by atoms with E-state index in [-0.39, 0.29) is 18.0 Å². The minimum atomic E-state index is -0.277. The lowest BCUT2D eigenvalue weighted by Crippen LogP contribution is -2.24. The summed E-state index contributed by atoms with van der Waals surface area (Å²) < 4.78 is 18.8. The Balaban J connectivity index is 1.76. The van der Waals surface area contributed by atoms with Crippen molar-refractivity contribution in [3.8, 4) is 11.1 Å². The Morgan fingerprint density at radius 1 is 1.19 bits per heavy atom. The van der Waals surface area contributed by atoms with E-state index in [2.05, 4.69) is 0 Å². The van der Waals surface area contributed by atoms with Crippen molar-refractivity contribution in [2.75, 3.05) is 6.54 Å². The number of hydrogen-bond acceptors (Lipinski definition) is 2. The third-order valence-electron chi connectivity index (χ3n) is 3.55. The quantitative estimate of drug-likeness (QED) is 0.857. The minimum absolute atomic E-state index is 0.0600. The molecule has 3 nitrogen and oxygen atoms in total. The van der Waals surface area contributed by atoms with Gasteiger partial charge in [-0.3, -0.25) is 0 Å². The lowest BCUT2D eigenvalue weighted by molar-refractivity contribution is 0.137. The van der Waals surface area contributed by atoms with Crippen LogP contribution in [0.25, 0.3) is 11.1 Å². The zero-order valence-electron chi connectivity index (χ0n) is 11.8. The van der Waals surface area contributed by atoms with Crippen molar-refractivity contribution in [3.63, 3.8) is 0 Å². The van der Waals surface area contributed by atoms with Crippen LogP contribution < -0.4 is 0 Å². The van der Waals surface area contributed by atoms with Gasteiger partial charge in [0.1, 0.15) is 11.9 Å². The second-order valence-corrected chi connectivity index (χ2v) is 5.25. The third-order valence-corrected chi connectivity index (χ3v) is 3.55. The van der Waals surface area contributed by atoms with Gasteiger partial charge in [-0.15, -0.1) is 0 Å². The van der Waals surface area contributed by atoms with Crippen LogP contribution in [0.2, 0.25) is 0 Å². The highest BCUT2D eigenvalue weighted by Gasteiger charge is 2.27. The summed E-state index contributed by atoms with van der Waals surface area (Å²) in [5.74, 6) is -0.234. The van der Waals surface area contributed by atoms with Crippen molar-refractivity contribution in [1.29, 1.82) is 0 Å². The second-order valence-electron chi connectivity index (χ2n) is 5.25. The van der Waals surface area contributed by atoms with E-state index in [1.165, 1.54) is 6.07 Å². The van der Waals surface area contributed by atoms with Crippen molar-refractivity contribution >= 4 is 6.09 Å². The molecule has 0 saturated carbocycles. The molecule has 0 aliphatic carbocycles. The maximum atomic E-state index is 13.7. The maximum Gasteiger partial charge on any atom is 0.410 e. The fourth-order valence-electron chi connectivity index (χ4n) is 2.50. The van der Waals surface area contributed by atoms with Crippen LogP contribution in [0.5, 0.6) is 0 Å². The van der Waals surface area contributed by atoms with Gasteiger partial charge in [-0.2, -0.15) is 0 Å². The molecule has 1 heterocycles. The monoisotopic (exact) mass is 285 g/mol. The van der Waals surface area contributed by atoms with Gasteiger partial charge >= 0.3 is 6.09 Å². The lowest BCUT2D eigenvalue weighted by Gasteiger charge is -2.13. The van der Waals surface area contributed by atoms with Crippen LogP contribution in [0, 0.1) is 5.82 Å². The summed E-state index contributed by atoms with van der Waals surface area (Å²) >= 11 is 0. The second kappa shape index (κ2) is 5.56. The molecule has 0 spiro atoms. The molecular weight excluding hydrogens is 269 g/mol. The molecular formula is C17H16FNO2. The Hall–Kier alpha value is -2.36. The molecule has 1 aliphatic heterocycles. The molecule has 0 unspecified atom stereocenters. The molecule has 2 aromatic carbocycles. The number of ether oxygens (including phenoxy) is 1. The SMILES string of the molecule is C[C@@H]1CN(Cc2ccc(-c3ccccc3F)cc2)C(=O)O1. The summed E-state index contributed by atoms with van der Waals surface area (Å²) in [6, 6.07) is 14.3. The Morgan fingerprint density at radius 3 is 2.52 bits per heavy atom. The highest BCUT2D eigenvalue weighted by molar-refractivity contribution is 5.70. The molecule has 1 amide bonds. The average Bonchev–Trinajstić information content (AvgIpc) is 2.78. The number of amides is 1. The van der Waals surface area contributed by atoms with E-state index < -0.39 is 0 Å². The largest absolute Gasteiger partial charge is 0.444 e. The number of cyclic esters (lactones) is 1. The molecule has 0 aromatic heterocycles. The number of carbonyl (C=O) groups is 1. The van der Waals surface area contributed by atoms with Crippen molar-refractivity contribution < 1.29 is 13.9 Å². The first-order valence-corrected chi connectivity index (χ1v) is 6.93. The summed E-state index contributed by atoms with van der Waals surface area (Å²) in [4.78, 5) is 13.2. The van der Waals surface area contributed by atoms with Crippen LogP contribution in [0.3, 0.4) is 0 Å². The molecule has 1 fully saturated rings. The van der Waals surface area contributed by atoms with E-state index in [1.807, 2.05) is 37.3 Å². The fraction of sp³-hybridized carbons (Fsp3) is 0.235. The standard InChI is InChI=1S/C17H16FNO2/c1-12-10-19(17(20)21-12)11-13-6-8-14(9-7-13)15-4-2-3-5-16(15)18/h2-9,12H,10-11H2,1H3/t12-/m1/s1. The molecule has 2 aromatic rings. The molecule has 4 heteroatoms. The topological polar surface area (TPSA) is 29.5 Å². The normalized spacial score (nSPS) is 17.9. The fourth-order valence-corrected chi connectivity index (χ4v) is 2.50. The van der Waals surface area contributed by atoms with E-state index in [9.17, 15) is 9.18 Å². The Kier molecular flexibility index (Phi) is 3.60. The lowest BCUT2D eigenvalue weighted by atomic mass is 10.0. The van der Waals surface area contributed by atoms with E-state index in [4.69, 9.17) is 4.74 Å². The van der Waals surface area contributed by atoms with Gasteiger partial charge in [-0.25, -0.2) is 9.18 Å². The van der Waals surface area contributed by atoms with E-state index in [0.29, 0.717) is 18.7 Å². The smallest absolute Gasteiger partial charge is 0.410 e. The van der Waals surface area contributed by atoms with Gasteiger partial charge < -0.3 is 9.64 Å². The summed E-state index contributed by atoms with van der Waals surface area (Å²) in [5.41, 5.74) is 2.41. The predicted molar refractivity (Wildman–Crippen MR) is 78.2 cm³/mol. The van der Waals surface area contributed by atoms with Gasteiger partial charge in [0, 0.05) is 12.1 Å². The summed E-state index contributed by atoms with van der Waals surface area (Å²) in [6.07, 6.45) is -0.337. The molecule has 1 aliphatic rings. The summed E-state index contributed by atoms with van der Waals surface area (Å²) in [5, 5.41) is 0. The highest BCUT2D eigenvalue weighted by atomic mass is 19.1. The summed E-state index contributed by atoms with van der Waals surface area (Å²) in [7, 11) is 0. The Bertz CT molecular complexity index is 654. The van der Waals surface area contributed by atoms with Gasteiger partial charge in [0.25, 0.3) is 0 Å². The highest BCUT2D eigenvalue weighted by Crippen LogP contribution is 2.23. The Labute approximate surface area is 123 Å². The molecule has 3 rings (SSSR count). The van der Waals surface area contributed by atoms with Crippen LogP contribution in [-0.2, 0) is 11.3 Å². The van der Waals surface area contributed by atoms with Crippen molar-refractivity contribution in [2.45, 2.75) is 19.6 Å². The van der Waals surface area contributed by atoms with Crippen molar-refractivity contribution in [1.82, 2.24) is 4.90 Å². The van der Waals surface area contributed by atoms with Gasteiger partial charge in [-0.1, -0.05) is 42.5 Å². The molecule has 0 bridgehead atoms. The number of carbonyl (C=O) groups excluding carboxylic acids is 1. The number of benzene rings is 2. The maximum absolute atomic E-state index is 13.7. The van der Waals surface area contributed by atoms with E-state index >= 15 is 0 Å². The number of nitrogens with zero attached hydrogens (tertiary/aromatic N) is 1. The molecule has 108 valence electrons. The molecule has 1 saturated heterocycles. The first kappa shape index (κ1) is 13.6. The zero-order valence-corrected chi connectivity index (χ0v) is 11.8. The predicted octanol–water partition coefficient (Wildman–Crippen LogP) is 3.83.